The van der Waals surface area contributed by atoms with Crippen molar-refractivity contribution in [1.82, 2.24) is 9.97 Å². The second-order valence-electron chi connectivity index (χ2n) is 4.86. The minimum absolute atomic E-state index is 1.00. The summed E-state index contributed by atoms with van der Waals surface area (Å²) >= 11 is 0. The van der Waals surface area contributed by atoms with Crippen molar-refractivity contribution in [2.45, 2.75) is 6.92 Å². The lowest BCUT2D eigenvalue weighted by molar-refractivity contribution is 1.22. The maximum atomic E-state index is 4.75. The fourth-order valence-corrected chi connectivity index (χ4v) is 2.58. The van der Waals surface area contributed by atoms with Crippen LogP contribution >= 0.6 is 0 Å². The molecule has 2 nitrogen and oxygen atoms in total. The molecule has 0 unspecified atom stereocenters. The first-order chi connectivity index (χ1) is 9.31. The van der Waals surface area contributed by atoms with Gasteiger partial charge in [0.05, 0.1) is 11.0 Å². The molecule has 0 bridgehead atoms. The third-order valence-electron chi connectivity index (χ3n) is 3.54. The molecule has 2 aromatic heterocycles. The average Bonchev–Trinajstić information content (AvgIpc) is 2.45. The van der Waals surface area contributed by atoms with Gasteiger partial charge < -0.3 is 0 Å². The molecule has 0 fully saturated rings. The SMILES string of the molecule is Cc1cc2nc3ccc4ccccc4c3cc2cn1. The quantitative estimate of drug-likeness (QED) is 0.341. The summed E-state index contributed by atoms with van der Waals surface area (Å²) in [6.45, 7) is 1.99. The molecule has 4 aromatic rings. The van der Waals surface area contributed by atoms with Crippen LogP contribution in [0.5, 0.6) is 0 Å². The molecule has 0 radical (unpaired) electrons. The molecule has 0 aliphatic carbocycles. The van der Waals surface area contributed by atoms with Gasteiger partial charge in [0.15, 0.2) is 0 Å². The third kappa shape index (κ3) is 1.57. The number of aryl methyl sites for hydroxylation is 1. The molecular formula is C17H12N2. The highest BCUT2D eigenvalue weighted by atomic mass is 14.7. The van der Waals surface area contributed by atoms with Crippen molar-refractivity contribution in [3.8, 4) is 0 Å². The lowest BCUT2D eigenvalue weighted by Crippen LogP contribution is -1.87. The molecule has 0 atom stereocenters. The second kappa shape index (κ2) is 3.75. The summed E-state index contributed by atoms with van der Waals surface area (Å²) in [5, 5.41) is 4.77. The van der Waals surface area contributed by atoms with Crippen LogP contribution < -0.4 is 0 Å². The van der Waals surface area contributed by atoms with Gasteiger partial charge in [-0.15, -0.1) is 0 Å². The van der Waals surface area contributed by atoms with E-state index in [2.05, 4.69) is 47.4 Å². The predicted octanol–water partition coefficient (Wildman–Crippen LogP) is 4.24. The van der Waals surface area contributed by atoms with E-state index in [1.54, 1.807) is 0 Å². The molecule has 2 heterocycles. The van der Waals surface area contributed by atoms with E-state index < -0.39 is 0 Å². The molecule has 0 aliphatic heterocycles. The summed E-state index contributed by atoms with van der Waals surface area (Å²) in [4.78, 5) is 9.10. The van der Waals surface area contributed by atoms with Gasteiger partial charge in [-0.1, -0.05) is 30.3 Å². The molecule has 19 heavy (non-hydrogen) atoms. The maximum Gasteiger partial charge on any atom is 0.0743 e. The maximum absolute atomic E-state index is 4.75. The van der Waals surface area contributed by atoms with Gasteiger partial charge in [-0.25, -0.2) is 4.98 Å². The van der Waals surface area contributed by atoms with Gasteiger partial charge in [-0.3, -0.25) is 4.98 Å². The summed E-state index contributed by atoms with van der Waals surface area (Å²) < 4.78 is 0. The first-order valence-corrected chi connectivity index (χ1v) is 6.36. The Morgan fingerprint density at radius 2 is 1.68 bits per heavy atom. The van der Waals surface area contributed by atoms with Gasteiger partial charge >= 0.3 is 0 Å². The van der Waals surface area contributed by atoms with Crippen LogP contribution in [0.1, 0.15) is 5.69 Å². The highest BCUT2D eigenvalue weighted by Crippen LogP contribution is 2.27. The molecule has 0 amide bonds. The fraction of sp³-hybridized carbons (Fsp3) is 0.0588. The summed E-state index contributed by atoms with van der Waals surface area (Å²) in [5.41, 5.74) is 3.05. The van der Waals surface area contributed by atoms with E-state index in [1.807, 2.05) is 19.2 Å². The molecule has 2 aromatic carbocycles. The summed E-state index contributed by atoms with van der Waals surface area (Å²) in [6.07, 6.45) is 1.90. The molecule has 0 spiro atoms. The number of benzene rings is 2. The zero-order valence-corrected chi connectivity index (χ0v) is 10.6. The van der Waals surface area contributed by atoms with Crippen molar-refractivity contribution in [3.05, 3.63) is 60.4 Å². The Hall–Kier alpha value is -2.48. The summed E-state index contributed by atoms with van der Waals surface area (Å²) in [6, 6.07) is 16.8. The third-order valence-corrected chi connectivity index (χ3v) is 3.54. The van der Waals surface area contributed by atoms with Gasteiger partial charge in [-0.2, -0.15) is 0 Å². The molecule has 2 heteroatoms. The average molecular weight is 244 g/mol. The first kappa shape index (κ1) is 10.4. The summed E-state index contributed by atoms with van der Waals surface area (Å²) in [5.74, 6) is 0. The smallest absolute Gasteiger partial charge is 0.0743 e. The van der Waals surface area contributed by atoms with Crippen molar-refractivity contribution in [1.29, 1.82) is 0 Å². The normalized spacial score (nSPS) is 11.4. The Balaban J connectivity index is 2.22. The van der Waals surface area contributed by atoms with Crippen molar-refractivity contribution in [2.75, 3.05) is 0 Å². The van der Waals surface area contributed by atoms with Gasteiger partial charge in [-0.05, 0) is 35.9 Å². The van der Waals surface area contributed by atoms with Crippen LogP contribution in [-0.2, 0) is 0 Å². The number of rotatable bonds is 0. The molecule has 4 rings (SSSR count). The van der Waals surface area contributed by atoms with Gasteiger partial charge in [0.1, 0.15) is 0 Å². The van der Waals surface area contributed by atoms with Crippen molar-refractivity contribution < 1.29 is 0 Å². The van der Waals surface area contributed by atoms with Crippen LogP contribution in [0.25, 0.3) is 32.6 Å². The second-order valence-corrected chi connectivity index (χ2v) is 4.86. The molecule has 0 N–H and O–H groups in total. The highest BCUT2D eigenvalue weighted by molar-refractivity contribution is 6.09. The molecular weight excluding hydrogens is 232 g/mol. The number of aromatic nitrogens is 2. The van der Waals surface area contributed by atoms with Crippen LogP contribution in [0, 0.1) is 6.92 Å². The highest BCUT2D eigenvalue weighted by Gasteiger charge is 2.04. The van der Waals surface area contributed by atoms with Crippen LogP contribution in [0.3, 0.4) is 0 Å². The number of hydrogen-bond acceptors (Lipinski definition) is 2. The molecule has 0 saturated heterocycles. The van der Waals surface area contributed by atoms with Gasteiger partial charge in [0.25, 0.3) is 0 Å². The Bertz CT molecular complexity index is 926. The minimum atomic E-state index is 1.00. The number of nitrogens with zero attached hydrogens (tertiary/aromatic N) is 2. The van der Waals surface area contributed by atoms with Crippen LogP contribution in [0.2, 0.25) is 0 Å². The van der Waals surface area contributed by atoms with Crippen molar-refractivity contribution >= 4 is 32.6 Å². The van der Waals surface area contributed by atoms with Gasteiger partial charge in [0, 0.05) is 22.7 Å². The Labute approximate surface area is 110 Å². The summed E-state index contributed by atoms with van der Waals surface area (Å²) in [7, 11) is 0. The monoisotopic (exact) mass is 244 g/mol. The van der Waals surface area contributed by atoms with Crippen LogP contribution in [0.4, 0.5) is 0 Å². The Morgan fingerprint density at radius 1 is 0.789 bits per heavy atom. The van der Waals surface area contributed by atoms with E-state index in [4.69, 9.17) is 4.98 Å². The number of hydrogen-bond donors (Lipinski definition) is 0. The zero-order chi connectivity index (χ0) is 12.8. The fourth-order valence-electron chi connectivity index (χ4n) is 2.58. The van der Waals surface area contributed by atoms with E-state index in [1.165, 1.54) is 16.2 Å². The lowest BCUT2D eigenvalue weighted by Gasteiger charge is -2.05. The zero-order valence-electron chi connectivity index (χ0n) is 10.6. The van der Waals surface area contributed by atoms with Crippen molar-refractivity contribution in [2.24, 2.45) is 0 Å². The largest absolute Gasteiger partial charge is 0.261 e. The van der Waals surface area contributed by atoms with Crippen molar-refractivity contribution in [3.63, 3.8) is 0 Å². The molecule has 0 saturated carbocycles. The number of pyridine rings is 2. The predicted molar refractivity (Wildman–Crippen MR) is 79.3 cm³/mol. The van der Waals surface area contributed by atoms with E-state index in [0.29, 0.717) is 0 Å². The topological polar surface area (TPSA) is 25.8 Å². The van der Waals surface area contributed by atoms with E-state index in [9.17, 15) is 0 Å². The Morgan fingerprint density at radius 3 is 2.63 bits per heavy atom. The van der Waals surface area contributed by atoms with E-state index >= 15 is 0 Å². The standard InChI is InChI=1S/C17H12N2/c1-11-8-17-13(10-18-11)9-15-14-5-3-2-4-12(14)6-7-16(15)19-17/h2-10H,1H3. The number of fused-ring (bicyclic) bond motifs is 4. The minimum Gasteiger partial charge on any atom is -0.261 e. The molecule has 90 valence electrons. The Kier molecular flexibility index (Phi) is 2.06. The van der Waals surface area contributed by atoms with Gasteiger partial charge in [0.2, 0.25) is 0 Å². The molecule has 0 aliphatic rings. The van der Waals surface area contributed by atoms with E-state index in [0.717, 1.165) is 22.1 Å². The first-order valence-electron chi connectivity index (χ1n) is 6.36. The van der Waals surface area contributed by atoms with Crippen LogP contribution in [0.15, 0.2) is 54.7 Å². The van der Waals surface area contributed by atoms with Crippen LogP contribution in [-0.4, -0.2) is 9.97 Å². The van der Waals surface area contributed by atoms with E-state index in [-0.39, 0.29) is 0 Å². The lowest BCUT2D eigenvalue weighted by atomic mass is 10.0.